The molecule has 5 heteroatoms. The highest BCUT2D eigenvalue weighted by atomic mass is 16.5. The summed E-state index contributed by atoms with van der Waals surface area (Å²) in [7, 11) is 0. The Hall–Kier alpha value is -0.650. The van der Waals surface area contributed by atoms with Crippen molar-refractivity contribution in [1.29, 1.82) is 0 Å². The lowest BCUT2D eigenvalue weighted by Gasteiger charge is -2.44. The number of likely N-dealkylation sites (N-methyl/N-ethyl adjacent to an activating group) is 1. The summed E-state index contributed by atoms with van der Waals surface area (Å²) in [5.41, 5.74) is 0.144. The van der Waals surface area contributed by atoms with Crippen LogP contribution in [0.15, 0.2) is 0 Å². The molecular formula is C17H30N2O3. The Morgan fingerprint density at radius 1 is 1.14 bits per heavy atom. The quantitative estimate of drug-likeness (QED) is 0.773. The third-order valence-corrected chi connectivity index (χ3v) is 5.51. The standard InChI is InChI=1S/C17H30N2O3/c1-2-18-8-11-22-14-17(12-18)6-3-7-19(13-17)16(20)15-4-9-21-10-5-15/h15H,2-14H2,1H3/t17-/m1/s1. The zero-order valence-corrected chi connectivity index (χ0v) is 13.9. The molecule has 1 atom stereocenters. The van der Waals surface area contributed by atoms with Crippen molar-refractivity contribution in [2.45, 2.75) is 32.6 Å². The number of hydrogen-bond donors (Lipinski definition) is 0. The molecule has 3 saturated heterocycles. The van der Waals surface area contributed by atoms with Gasteiger partial charge in [-0.15, -0.1) is 0 Å². The van der Waals surface area contributed by atoms with E-state index in [0.717, 1.165) is 78.4 Å². The summed E-state index contributed by atoms with van der Waals surface area (Å²) >= 11 is 0. The van der Waals surface area contributed by atoms with Gasteiger partial charge < -0.3 is 19.3 Å². The molecule has 3 rings (SSSR count). The topological polar surface area (TPSA) is 42.0 Å². The molecule has 1 spiro atoms. The minimum absolute atomic E-state index is 0.144. The van der Waals surface area contributed by atoms with E-state index in [9.17, 15) is 4.79 Å². The van der Waals surface area contributed by atoms with Gasteiger partial charge in [0, 0.05) is 50.7 Å². The number of ether oxygens (including phenoxy) is 2. The van der Waals surface area contributed by atoms with Crippen LogP contribution < -0.4 is 0 Å². The first-order chi connectivity index (χ1) is 10.7. The highest BCUT2D eigenvalue weighted by molar-refractivity contribution is 5.79. The second kappa shape index (κ2) is 7.28. The van der Waals surface area contributed by atoms with Crippen LogP contribution in [0, 0.1) is 11.3 Å². The van der Waals surface area contributed by atoms with Crippen molar-refractivity contribution in [2.75, 3.05) is 59.2 Å². The minimum Gasteiger partial charge on any atom is -0.381 e. The van der Waals surface area contributed by atoms with Gasteiger partial charge in [-0.1, -0.05) is 6.92 Å². The van der Waals surface area contributed by atoms with Crippen molar-refractivity contribution in [2.24, 2.45) is 11.3 Å². The molecule has 0 aromatic rings. The number of nitrogens with zero attached hydrogens (tertiary/aromatic N) is 2. The van der Waals surface area contributed by atoms with Crippen LogP contribution in [0.5, 0.6) is 0 Å². The molecule has 0 radical (unpaired) electrons. The van der Waals surface area contributed by atoms with Crippen LogP contribution in [0.3, 0.4) is 0 Å². The molecule has 3 aliphatic heterocycles. The van der Waals surface area contributed by atoms with Gasteiger partial charge in [0.05, 0.1) is 13.2 Å². The van der Waals surface area contributed by atoms with Gasteiger partial charge in [0.15, 0.2) is 0 Å². The maximum absolute atomic E-state index is 12.8. The summed E-state index contributed by atoms with van der Waals surface area (Å²) in [5.74, 6) is 0.535. The Balaban J connectivity index is 1.65. The normalized spacial score (nSPS) is 32.1. The first-order valence-electron chi connectivity index (χ1n) is 8.89. The van der Waals surface area contributed by atoms with Gasteiger partial charge in [0.1, 0.15) is 0 Å². The summed E-state index contributed by atoms with van der Waals surface area (Å²) in [4.78, 5) is 17.4. The largest absolute Gasteiger partial charge is 0.381 e. The molecule has 3 aliphatic rings. The summed E-state index contributed by atoms with van der Waals surface area (Å²) in [6.07, 6.45) is 4.07. The Labute approximate surface area is 133 Å². The van der Waals surface area contributed by atoms with Crippen LogP contribution in [-0.4, -0.2) is 74.9 Å². The van der Waals surface area contributed by atoms with Crippen molar-refractivity contribution in [1.82, 2.24) is 9.80 Å². The number of amides is 1. The van der Waals surface area contributed by atoms with Gasteiger partial charge in [0.2, 0.25) is 5.91 Å². The third kappa shape index (κ3) is 3.63. The fourth-order valence-corrected chi connectivity index (χ4v) is 4.20. The second-order valence-electron chi connectivity index (χ2n) is 7.17. The third-order valence-electron chi connectivity index (χ3n) is 5.51. The number of piperidine rings is 1. The molecule has 1 amide bonds. The summed E-state index contributed by atoms with van der Waals surface area (Å²) < 4.78 is 11.3. The lowest BCUT2D eigenvalue weighted by molar-refractivity contribution is -0.143. The van der Waals surface area contributed by atoms with E-state index in [1.54, 1.807) is 0 Å². The minimum atomic E-state index is 0.144. The average molecular weight is 310 g/mol. The molecule has 0 N–H and O–H groups in total. The lowest BCUT2D eigenvalue weighted by Crippen LogP contribution is -2.53. The summed E-state index contributed by atoms with van der Waals surface area (Å²) in [6, 6.07) is 0. The van der Waals surface area contributed by atoms with E-state index in [2.05, 4.69) is 16.7 Å². The van der Waals surface area contributed by atoms with Gasteiger partial charge in [-0.05, 0) is 32.2 Å². The molecule has 5 nitrogen and oxygen atoms in total. The number of hydrogen-bond acceptors (Lipinski definition) is 4. The van der Waals surface area contributed by atoms with Crippen molar-refractivity contribution >= 4 is 5.91 Å². The SMILES string of the molecule is CCN1CCOC[C@]2(CCCN(C(=O)C3CCOCC3)C2)C1. The summed E-state index contributed by atoms with van der Waals surface area (Å²) in [5, 5.41) is 0. The fourth-order valence-electron chi connectivity index (χ4n) is 4.20. The number of carbonyl (C=O) groups is 1. The molecule has 0 aromatic heterocycles. The maximum atomic E-state index is 12.8. The zero-order valence-electron chi connectivity index (χ0n) is 13.9. The molecule has 0 saturated carbocycles. The molecule has 0 aromatic carbocycles. The number of rotatable bonds is 2. The predicted octanol–water partition coefficient (Wildman–Crippen LogP) is 1.37. The Kier molecular flexibility index (Phi) is 5.37. The van der Waals surface area contributed by atoms with Gasteiger partial charge in [-0.3, -0.25) is 4.79 Å². The molecule has 22 heavy (non-hydrogen) atoms. The van der Waals surface area contributed by atoms with Crippen molar-refractivity contribution in [3.63, 3.8) is 0 Å². The van der Waals surface area contributed by atoms with Crippen molar-refractivity contribution < 1.29 is 14.3 Å². The van der Waals surface area contributed by atoms with Crippen LogP contribution >= 0.6 is 0 Å². The molecule has 126 valence electrons. The van der Waals surface area contributed by atoms with Gasteiger partial charge in [-0.2, -0.15) is 0 Å². The molecule has 3 heterocycles. The van der Waals surface area contributed by atoms with E-state index in [4.69, 9.17) is 9.47 Å². The van der Waals surface area contributed by atoms with E-state index >= 15 is 0 Å². The Morgan fingerprint density at radius 2 is 1.95 bits per heavy atom. The molecular weight excluding hydrogens is 280 g/mol. The van der Waals surface area contributed by atoms with Crippen LogP contribution in [0.4, 0.5) is 0 Å². The molecule has 3 fully saturated rings. The highest BCUT2D eigenvalue weighted by Crippen LogP contribution is 2.34. The highest BCUT2D eigenvalue weighted by Gasteiger charge is 2.41. The van der Waals surface area contributed by atoms with E-state index < -0.39 is 0 Å². The van der Waals surface area contributed by atoms with Crippen LogP contribution in [0.1, 0.15) is 32.6 Å². The maximum Gasteiger partial charge on any atom is 0.225 e. The van der Waals surface area contributed by atoms with Gasteiger partial charge in [-0.25, -0.2) is 0 Å². The summed E-state index contributed by atoms with van der Waals surface area (Å²) in [6.45, 7) is 10.3. The smallest absolute Gasteiger partial charge is 0.225 e. The van der Waals surface area contributed by atoms with E-state index in [0.29, 0.717) is 5.91 Å². The molecule has 0 unspecified atom stereocenters. The van der Waals surface area contributed by atoms with Crippen LogP contribution in [0.25, 0.3) is 0 Å². The fraction of sp³-hybridized carbons (Fsp3) is 0.941. The van der Waals surface area contributed by atoms with E-state index in [-0.39, 0.29) is 11.3 Å². The van der Waals surface area contributed by atoms with E-state index in [1.165, 1.54) is 6.42 Å². The Bertz CT molecular complexity index is 384. The lowest BCUT2D eigenvalue weighted by atomic mass is 9.79. The average Bonchev–Trinajstić information content (AvgIpc) is 2.77. The predicted molar refractivity (Wildman–Crippen MR) is 84.7 cm³/mol. The number of likely N-dealkylation sites (tertiary alicyclic amines) is 1. The van der Waals surface area contributed by atoms with Gasteiger partial charge >= 0.3 is 0 Å². The van der Waals surface area contributed by atoms with Gasteiger partial charge in [0.25, 0.3) is 0 Å². The zero-order chi connectivity index (χ0) is 15.4. The van der Waals surface area contributed by atoms with Crippen LogP contribution in [-0.2, 0) is 14.3 Å². The second-order valence-corrected chi connectivity index (χ2v) is 7.17. The first kappa shape index (κ1) is 16.2. The van der Waals surface area contributed by atoms with E-state index in [1.807, 2.05) is 0 Å². The first-order valence-corrected chi connectivity index (χ1v) is 8.89. The van der Waals surface area contributed by atoms with Crippen molar-refractivity contribution in [3.8, 4) is 0 Å². The van der Waals surface area contributed by atoms with Crippen LogP contribution in [0.2, 0.25) is 0 Å². The molecule has 0 aliphatic carbocycles. The molecule has 0 bridgehead atoms. The van der Waals surface area contributed by atoms with Crippen molar-refractivity contribution in [3.05, 3.63) is 0 Å². The Morgan fingerprint density at radius 3 is 2.73 bits per heavy atom. The number of carbonyl (C=O) groups excluding carboxylic acids is 1. The monoisotopic (exact) mass is 310 g/mol.